The summed E-state index contributed by atoms with van der Waals surface area (Å²) < 4.78 is 22.4. The number of hydrogen-bond donors (Lipinski definition) is 1. The van der Waals surface area contributed by atoms with Crippen LogP contribution in [0.1, 0.15) is 28.7 Å². The Balaban J connectivity index is 1.98. The van der Waals surface area contributed by atoms with Gasteiger partial charge in [0.1, 0.15) is 0 Å². The number of aryl methyl sites for hydroxylation is 1. The number of nitrogens with zero attached hydrogens (tertiary/aromatic N) is 1. The third kappa shape index (κ3) is 4.97. The second-order valence-corrected chi connectivity index (χ2v) is 6.00. The quantitative estimate of drug-likeness (QED) is 0.697. The van der Waals surface area contributed by atoms with Crippen molar-refractivity contribution in [3.05, 3.63) is 41.2 Å². The van der Waals surface area contributed by atoms with Crippen LogP contribution < -0.4 is 19.5 Å². The van der Waals surface area contributed by atoms with E-state index < -0.39 is 6.16 Å². The third-order valence-corrected chi connectivity index (χ3v) is 4.25. The number of nitrogens with one attached hydrogen (secondary N) is 1. The van der Waals surface area contributed by atoms with Gasteiger partial charge in [0.2, 0.25) is 0 Å². The van der Waals surface area contributed by atoms with Gasteiger partial charge in [0.25, 0.3) is 5.91 Å². The SMILES string of the molecule is CCOC(=O)Oc1cc(C)n(CCNC(=O)c2ccc(OC)c(OC)c2)c1C. The highest BCUT2D eigenvalue weighted by atomic mass is 16.7. The molecule has 2 rings (SSSR count). The van der Waals surface area contributed by atoms with Gasteiger partial charge in [-0.3, -0.25) is 4.79 Å². The average molecular weight is 390 g/mol. The lowest BCUT2D eigenvalue weighted by Crippen LogP contribution is -2.27. The molecule has 152 valence electrons. The number of methoxy groups -OCH3 is 2. The van der Waals surface area contributed by atoms with Crippen LogP contribution in [0.2, 0.25) is 0 Å². The Labute approximate surface area is 164 Å². The van der Waals surface area contributed by atoms with Crippen LogP contribution in [-0.2, 0) is 11.3 Å². The zero-order valence-electron chi connectivity index (χ0n) is 16.8. The highest BCUT2D eigenvalue weighted by Gasteiger charge is 2.15. The fourth-order valence-corrected chi connectivity index (χ4v) is 2.81. The van der Waals surface area contributed by atoms with Crippen LogP contribution in [0.3, 0.4) is 0 Å². The Morgan fingerprint density at radius 2 is 1.75 bits per heavy atom. The maximum atomic E-state index is 12.4. The number of hydrogen-bond acceptors (Lipinski definition) is 6. The van der Waals surface area contributed by atoms with Crippen LogP contribution in [-0.4, -0.2) is 44.0 Å². The summed E-state index contributed by atoms with van der Waals surface area (Å²) in [5, 5.41) is 2.87. The minimum atomic E-state index is -0.732. The van der Waals surface area contributed by atoms with Crippen molar-refractivity contribution < 1.29 is 28.5 Å². The average Bonchev–Trinajstić information content (AvgIpc) is 2.94. The molecule has 1 aromatic heterocycles. The standard InChI is InChI=1S/C20H26N2O6/c1-6-27-20(24)28-17-11-13(2)22(14(17)3)10-9-21-19(23)15-7-8-16(25-4)18(12-15)26-5/h7-8,11-12H,6,9-10H2,1-5H3,(H,21,23). The van der Waals surface area contributed by atoms with Crippen molar-refractivity contribution in [3.63, 3.8) is 0 Å². The Hall–Kier alpha value is -3.16. The molecule has 0 atom stereocenters. The first-order valence-corrected chi connectivity index (χ1v) is 8.92. The van der Waals surface area contributed by atoms with E-state index in [-0.39, 0.29) is 12.5 Å². The maximum absolute atomic E-state index is 12.4. The second-order valence-electron chi connectivity index (χ2n) is 6.00. The van der Waals surface area contributed by atoms with E-state index in [0.717, 1.165) is 11.4 Å². The summed E-state index contributed by atoms with van der Waals surface area (Å²) in [5.41, 5.74) is 2.17. The van der Waals surface area contributed by atoms with E-state index in [0.29, 0.717) is 35.9 Å². The molecule has 2 aromatic rings. The molecule has 0 spiro atoms. The first-order chi connectivity index (χ1) is 13.4. The number of ether oxygens (including phenoxy) is 4. The van der Waals surface area contributed by atoms with Gasteiger partial charge in [0.15, 0.2) is 17.2 Å². The van der Waals surface area contributed by atoms with Gasteiger partial charge in [-0.15, -0.1) is 0 Å². The van der Waals surface area contributed by atoms with Gasteiger partial charge in [0, 0.05) is 30.4 Å². The number of carbonyl (C=O) groups excluding carboxylic acids is 2. The summed E-state index contributed by atoms with van der Waals surface area (Å²) in [7, 11) is 3.06. The zero-order chi connectivity index (χ0) is 20.7. The van der Waals surface area contributed by atoms with Gasteiger partial charge in [0.05, 0.1) is 26.5 Å². The Morgan fingerprint density at radius 3 is 2.39 bits per heavy atom. The van der Waals surface area contributed by atoms with Gasteiger partial charge in [-0.2, -0.15) is 0 Å². The highest BCUT2D eigenvalue weighted by Crippen LogP contribution is 2.27. The van der Waals surface area contributed by atoms with E-state index in [1.54, 1.807) is 38.3 Å². The van der Waals surface area contributed by atoms with E-state index in [2.05, 4.69) is 5.32 Å². The largest absolute Gasteiger partial charge is 0.513 e. The Morgan fingerprint density at radius 1 is 1.04 bits per heavy atom. The first kappa shape index (κ1) is 21.1. The van der Waals surface area contributed by atoms with Crippen molar-refractivity contribution in [1.29, 1.82) is 0 Å². The molecule has 0 radical (unpaired) electrons. The Kier molecular flexibility index (Phi) is 7.31. The molecular weight excluding hydrogens is 364 g/mol. The molecule has 1 aromatic carbocycles. The lowest BCUT2D eigenvalue weighted by atomic mass is 10.2. The fraction of sp³-hybridized carbons (Fsp3) is 0.400. The predicted molar refractivity (Wildman–Crippen MR) is 103 cm³/mol. The molecule has 28 heavy (non-hydrogen) atoms. The van der Waals surface area contributed by atoms with Gasteiger partial charge < -0.3 is 28.8 Å². The minimum absolute atomic E-state index is 0.216. The lowest BCUT2D eigenvalue weighted by Gasteiger charge is -2.12. The third-order valence-electron chi connectivity index (χ3n) is 4.25. The zero-order valence-corrected chi connectivity index (χ0v) is 16.8. The van der Waals surface area contributed by atoms with Crippen molar-refractivity contribution in [1.82, 2.24) is 9.88 Å². The summed E-state index contributed by atoms with van der Waals surface area (Å²) in [6.07, 6.45) is -0.732. The van der Waals surface area contributed by atoms with Crippen LogP contribution in [0.5, 0.6) is 17.2 Å². The van der Waals surface area contributed by atoms with Crippen molar-refractivity contribution in [3.8, 4) is 17.2 Å². The lowest BCUT2D eigenvalue weighted by molar-refractivity contribution is 0.0951. The topological polar surface area (TPSA) is 88.0 Å². The van der Waals surface area contributed by atoms with Crippen LogP contribution >= 0.6 is 0 Å². The molecule has 0 fully saturated rings. The van der Waals surface area contributed by atoms with Gasteiger partial charge in [-0.1, -0.05) is 0 Å². The van der Waals surface area contributed by atoms with Crippen LogP contribution in [0, 0.1) is 13.8 Å². The molecule has 0 saturated heterocycles. The molecule has 8 nitrogen and oxygen atoms in total. The molecule has 0 bridgehead atoms. The summed E-state index contributed by atoms with van der Waals surface area (Å²) in [4.78, 5) is 23.9. The monoisotopic (exact) mass is 390 g/mol. The van der Waals surface area contributed by atoms with Crippen LogP contribution in [0.25, 0.3) is 0 Å². The molecule has 1 heterocycles. The predicted octanol–water partition coefficient (Wildman–Crippen LogP) is 3.09. The molecule has 1 amide bonds. The van der Waals surface area contributed by atoms with Crippen molar-refractivity contribution in [2.45, 2.75) is 27.3 Å². The molecular formula is C20H26N2O6. The first-order valence-electron chi connectivity index (χ1n) is 8.92. The second kappa shape index (κ2) is 9.68. The van der Waals surface area contributed by atoms with E-state index in [9.17, 15) is 9.59 Å². The molecule has 0 unspecified atom stereocenters. The fourth-order valence-electron chi connectivity index (χ4n) is 2.81. The molecule has 1 N–H and O–H groups in total. The molecule has 0 aliphatic rings. The number of carbonyl (C=O) groups is 2. The van der Waals surface area contributed by atoms with Gasteiger partial charge >= 0.3 is 6.16 Å². The van der Waals surface area contributed by atoms with Crippen molar-refractivity contribution in [2.24, 2.45) is 0 Å². The summed E-state index contributed by atoms with van der Waals surface area (Å²) in [6.45, 7) is 6.65. The van der Waals surface area contributed by atoms with Crippen molar-refractivity contribution >= 4 is 12.1 Å². The van der Waals surface area contributed by atoms with E-state index in [1.165, 1.54) is 7.11 Å². The summed E-state index contributed by atoms with van der Waals surface area (Å²) >= 11 is 0. The van der Waals surface area contributed by atoms with Crippen molar-refractivity contribution in [2.75, 3.05) is 27.4 Å². The number of rotatable bonds is 8. The number of aromatic nitrogens is 1. The summed E-state index contributed by atoms with van der Waals surface area (Å²) in [6, 6.07) is 6.76. The maximum Gasteiger partial charge on any atom is 0.513 e. The smallest absolute Gasteiger partial charge is 0.493 e. The summed E-state index contributed by atoms with van der Waals surface area (Å²) in [5.74, 6) is 1.29. The normalized spacial score (nSPS) is 10.3. The van der Waals surface area contributed by atoms with Gasteiger partial charge in [-0.05, 0) is 39.0 Å². The molecule has 0 aliphatic carbocycles. The Bertz CT molecular complexity index is 843. The number of benzene rings is 1. The van der Waals surface area contributed by atoms with E-state index >= 15 is 0 Å². The molecule has 0 saturated carbocycles. The van der Waals surface area contributed by atoms with Gasteiger partial charge in [-0.25, -0.2) is 4.79 Å². The minimum Gasteiger partial charge on any atom is -0.493 e. The van der Waals surface area contributed by atoms with E-state index in [4.69, 9.17) is 18.9 Å². The highest BCUT2D eigenvalue weighted by molar-refractivity contribution is 5.94. The van der Waals surface area contributed by atoms with Crippen LogP contribution in [0.4, 0.5) is 4.79 Å². The van der Waals surface area contributed by atoms with E-state index in [1.807, 2.05) is 18.4 Å². The van der Waals surface area contributed by atoms with Crippen LogP contribution in [0.15, 0.2) is 24.3 Å². The number of amides is 1. The molecule has 8 heteroatoms. The molecule has 0 aliphatic heterocycles.